The van der Waals surface area contributed by atoms with Gasteiger partial charge < -0.3 is 15.2 Å². The Balaban J connectivity index is 1.65. The summed E-state index contributed by atoms with van der Waals surface area (Å²) in [7, 11) is 0. The second kappa shape index (κ2) is 10.3. The molecule has 6 nitrogen and oxygen atoms in total. The third-order valence-electron chi connectivity index (χ3n) is 6.48. The summed E-state index contributed by atoms with van der Waals surface area (Å²) in [5, 5.41) is 22.7. The molecule has 34 heavy (non-hydrogen) atoms. The maximum atomic E-state index is 11.2. The fraction of sp³-hybridized carbons (Fsp3) is 0.250. The molecule has 2 heterocycles. The minimum Gasteiger partial charge on any atom is -0.465 e. The molecule has 3 aromatic rings. The molecular formula is C28H29N3O3. The first-order valence-corrected chi connectivity index (χ1v) is 11.4. The molecule has 6 heteroatoms. The van der Waals surface area contributed by atoms with Crippen molar-refractivity contribution in [3.63, 3.8) is 0 Å². The highest BCUT2D eigenvalue weighted by atomic mass is 16.4. The van der Waals surface area contributed by atoms with E-state index in [0.717, 1.165) is 22.4 Å². The minimum atomic E-state index is -0.877. The van der Waals surface area contributed by atoms with E-state index in [1.807, 2.05) is 37.3 Å². The van der Waals surface area contributed by atoms with Gasteiger partial charge in [-0.15, -0.1) is 0 Å². The van der Waals surface area contributed by atoms with E-state index in [9.17, 15) is 15.1 Å². The number of pyridine rings is 1. The molecule has 0 saturated carbocycles. The summed E-state index contributed by atoms with van der Waals surface area (Å²) in [6.45, 7) is 4.95. The fourth-order valence-corrected chi connectivity index (χ4v) is 4.55. The normalized spacial score (nSPS) is 15.1. The van der Waals surface area contributed by atoms with Gasteiger partial charge in [0.2, 0.25) is 0 Å². The maximum absolute atomic E-state index is 11.2. The Kier molecular flexibility index (Phi) is 7.07. The van der Waals surface area contributed by atoms with Crippen molar-refractivity contribution in [2.45, 2.75) is 32.6 Å². The van der Waals surface area contributed by atoms with Gasteiger partial charge in [0.1, 0.15) is 0 Å². The van der Waals surface area contributed by atoms with E-state index < -0.39 is 6.09 Å². The quantitative estimate of drug-likeness (QED) is 0.277. The van der Waals surface area contributed by atoms with Crippen molar-refractivity contribution in [2.24, 2.45) is 5.16 Å². The minimum absolute atomic E-state index is 0.0115. The zero-order valence-corrected chi connectivity index (χ0v) is 19.5. The van der Waals surface area contributed by atoms with Crippen LogP contribution in [0.15, 0.2) is 78.1 Å². The molecule has 1 aromatic heterocycles. The van der Waals surface area contributed by atoms with Crippen LogP contribution in [0.2, 0.25) is 0 Å². The molecule has 2 N–H and O–H groups in total. The van der Waals surface area contributed by atoms with E-state index in [4.69, 9.17) is 0 Å². The van der Waals surface area contributed by atoms with Crippen LogP contribution in [0.25, 0.3) is 5.57 Å². The molecule has 2 aromatic carbocycles. The summed E-state index contributed by atoms with van der Waals surface area (Å²) in [6, 6.07) is 20.6. The predicted octanol–water partition coefficient (Wildman–Crippen LogP) is 5.87. The van der Waals surface area contributed by atoms with E-state index in [1.54, 1.807) is 6.20 Å². The van der Waals surface area contributed by atoms with Crippen LogP contribution in [0.4, 0.5) is 4.79 Å². The predicted molar refractivity (Wildman–Crippen MR) is 134 cm³/mol. The van der Waals surface area contributed by atoms with Gasteiger partial charge in [-0.2, -0.15) is 0 Å². The van der Waals surface area contributed by atoms with Gasteiger partial charge in [-0.25, -0.2) is 4.79 Å². The molecule has 4 rings (SSSR count). The smallest absolute Gasteiger partial charge is 0.407 e. The lowest BCUT2D eigenvalue weighted by atomic mass is 9.83. The molecule has 0 aliphatic carbocycles. The van der Waals surface area contributed by atoms with Crippen molar-refractivity contribution in [3.8, 4) is 0 Å². The number of rotatable bonds is 6. The van der Waals surface area contributed by atoms with Gasteiger partial charge in [0.15, 0.2) is 0 Å². The van der Waals surface area contributed by atoms with Crippen LogP contribution in [-0.2, 0) is 0 Å². The van der Waals surface area contributed by atoms with Crippen LogP contribution in [0.3, 0.4) is 0 Å². The third-order valence-corrected chi connectivity index (χ3v) is 6.48. The number of carbonyl (C=O) groups is 1. The number of aryl methyl sites for hydroxylation is 2. The lowest BCUT2D eigenvalue weighted by Gasteiger charge is -2.24. The molecule has 1 atom stereocenters. The van der Waals surface area contributed by atoms with E-state index in [0.29, 0.717) is 31.6 Å². The van der Waals surface area contributed by atoms with Crippen molar-refractivity contribution in [1.82, 2.24) is 9.88 Å². The highest BCUT2D eigenvalue weighted by molar-refractivity contribution is 6.01. The molecule has 174 valence electrons. The van der Waals surface area contributed by atoms with Gasteiger partial charge >= 0.3 is 6.09 Å². The van der Waals surface area contributed by atoms with Crippen LogP contribution in [0.1, 0.15) is 52.3 Å². The monoisotopic (exact) mass is 455 g/mol. The Morgan fingerprint density at radius 2 is 1.88 bits per heavy atom. The Morgan fingerprint density at radius 1 is 1.12 bits per heavy atom. The highest BCUT2D eigenvalue weighted by Gasteiger charge is 2.21. The Hall–Kier alpha value is -3.93. The molecule has 0 fully saturated rings. The second-order valence-electron chi connectivity index (χ2n) is 8.68. The molecule has 0 saturated heterocycles. The SMILES string of the molecule is Cc1cc(/C(CC(c2ccc(C3=CCN(C(=O)O)CC3)cc2)c2ccccc2C)=N\O)ccn1. The number of aromatic nitrogens is 1. The molecule has 1 aliphatic rings. The average molecular weight is 456 g/mol. The maximum Gasteiger partial charge on any atom is 0.407 e. The zero-order chi connectivity index (χ0) is 24.1. The van der Waals surface area contributed by atoms with Gasteiger partial charge in [-0.1, -0.05) is 59.8 Å². The van der Waals surface area contributed by atoms with Gasteiger partial charge in [-0.3, -0.25) is 4.98 Å². The van der Waals surface area contributed by atoms with Crippen LogP contribution in [0, 0.1) is 13.8 Å². The fourth-order valence-electron chi connectivity index (χ4n) is 4.55. The number of amides is 1. The third kappa shape index (κ3) is 5.17. The number of nitrogens with zero attached hydrogens (tertiary/aromatic N) is 3. The average Bonchev–Trinajstić information content (AvgIpc) is 2.86. The van der Waals surface area contributed by atoms with Crippen LogP contribution in [-0.4, -0.2) is 45.1 Å². The summed E-state index contributed by atoms with van der Waals surface area (Å²) in [5.74, 6) is 0.0115. The first-order chi connectivity index (χ1) is 16.5. The second-order valence-corrected chi connectivity index (χ2v) is 8.68. The topological polar surface area (TPSA) is 86.0 Å². The van der Waals surface area contributed by atoms with Gasteiger partial charge in [0, 0.05) is 42.9 Å². The van der Waals surface area contributed by atoms with E-state index in [2.05, 4.69) is 53.5 Å². The summed E-state index contributed by atoms with van der Waals surface area (Å²) < 4.78 is 0. The molecule has 1 unspecified atom stereocenters. The Morgan fingerprint density at radius 3 is 2.50 bits per heavy atom. The molecule has 0 bridgehead atoms. The number of hydrogen-bond acceptors (Lipinski definition) is 4. The zero-order valence-electron chi connectivity index (χ0n) is 19.5. The molecule has 0 radical (unpaired) electrons. The molecular weight excluding hydrogens is 426 g/mol. The summed E-state index contributed by atoms with van der Waals surface area (Å²) in [6.07, 6.45) is 4.10. The van der Waals surface area contributed by atoms with Gasteiger partial charge in [0.25, 0.3) is 0 Å². The van der Waals surface area contributed by atoms with Crippen molar-refractivity contribution in [3.05, 3.63) is 106 Å². The van der Waals surface area contributed by atoms with E-state index >= 15 is 0 Å². The van der Waals surface area contributed by atoms with Gasteiger partial charge in [0.05, 0.1) is 5.71 Å². The molecule has 1 amide bonds. The first-order valence-electron chi connectivity index (χ1n) is 11.4. The highest BCUT2D eigenvalue weighted by Crippen LogP contribution is 2.33. The standard InChI is InChI=1S/C28H29N3O3/c1-19-5-3-4-6-25(19)26(18-27(30-34)24-11-14-29-20(2)17-24)23-9-7-21(8-10-23)22-12-15-31(16-13-22)28(32)33/h3-12,14,17,26,34H,13,15-16,18H2,1-2H3,(H,32,33)/b30-27-. The molecule has 1 aliphatic heterocycles. The van der Waals surface area contributed by atoms with Crippen LogP contribution >= 0.6 is 0 Å². The lowest BCUT2D eigenvalue weighted by Crippen LogP contribution is -2.33. The van der Waals surface area contributed by atoms with Crippen molar-refractivity contribution in [2.75, 3.05) is 13.1 Å². The van der Waals surface area contributed by atoms with Crippen molar-refractivity contribution in [1.29, 1.82) is 0 Å². The first kappa shape index (κ1) is 23.2. The Labute approximate surface area is 199 Å². The summed E-state index contributed by atoms with van der Waals surface area (Å²) in [5.41, 5.74) is 8.14. The van der Waals surface area contributed by atoms with Crippen LogP contribution in [0.5, 0.6) is 0 Å². The van der Waals surface area contributed by atoms with E-state index in [-0.39, 0.29) is 5.92 Å². The molecule has 0 spiro atoms. The summed E-state index contributed by atoms with van der Waals surface area (Å²) >= 11 is 0. The number of carboxylic acid groups (broad SMARTS) is 1. The van der Waals surface area contributed by atoms with Crippen molar-refractivity contribution >= 4 is 17.4 Å². The number of oxime groups is 1. The summed E-state index contributed by atoms with van der Waals surface area (Å²) in [4.78, 5) is 16.9. The Bertz CT molecular complexity index is 1230. The van der Waals surface area contributed by atoms with E-state index in [1.165, 1.54) is 21.6 Å². The largest absolute Gasteiger partial charge is 0.465 e. The van der Waals surface area contributed by atoms with Gasteiger partial charge in [-0.05, 0) is 60.2 Å². The van der Waals surface area contributed by atoms with Crippen molar-refractivity contribution < 1.29 is 15.1 Å². The lowest BCUT2D eigenvalue weighted by molar-refractivity contribution is 0.150. The number of benzene rings is 2. The number of hydrogen-bond donors (Lipinski definition) is 2. The van der Waals surface area contributed by atoms with Crippen LogP contribution < -0.4 is 0 Å².